The number of urea groups is 1. The Morgan fingerprint density at radius 2 is 2.30 bits per heavy atom. The summed E-state index contributed by atoms with van der Waals surface area (Å²) in [6, 6.07) is 3.17. The lowest BCUT2D eigenvalue weighted by molar-refractivity contribution is -0.136. The average Bonchev–Trinajstić information content (AvgIpc) is 2.40. The summed E-state index contributed by atoms with van der Waals surface area (Å²) in [6.07, 6.45) is 3.57. The number of hydrogen-bond acceptors (Lipinski definition) is 3. The van der Waals surface area contributed by atoms with E-state index in [0.717, 1.165) is 25.9 Å². The topological polar surface area (TPSA) is 82.5 Å². The van der Waals surface area contributed by atoms with Crippen LogP contribution in [0.4, 0.5) is 10.5 Å². The number of amides is 2. The molecule has 1 aliphatic heterocycles. The molecule has 2 amide bonds. The summed E-state index contributed by atoms with van der Waals surface area (Å²) in [4.78, 5) is 28.4. The standard InChI is InChI=1S/C14H19N3O3/c1-10-3-2-6-17(9-10)14(20)16-12-5-4-11(15-8-12)7-13(18)19/h4-5,8,10H,2-3,6-7,9H2,1H3,(H,16,20)(H,18,19). The maximum atomic E-state index is 12.1. The van der Waals surface area contributed by atoms with Crippen molar-refractivity contribution >= 4 is 17.7 Å². The van der Waals surface area contributed by atoms with Gasteiger partial charge in [-0.15, -0.1) is 0 Å². The molecule has 0 spiro atoms. The zero-order valence-corrected chi connectivity index (χ0v) is 11.5. The highest BCUT2D eigenvalue weighted by atomic mass is 16.4. The zero-order chi connectivity index (χ0) is 14.5. The summed E-state index contributed by atoms with van der Waals surface area (Å²) in [7, 11) is 0. The van der Waals surface area contributed by atoms with Gasteiger partial charge in [0.15, 0.2) is 0 Å². The molecular weight excluding hydrogens is 258 g/mol. The monoisotopic (exact) mass is 277 g/mol. The number of hydrogen-bond donors (Lipinski definition) is 2. The van der Waals surface area contributed by atoms with Crippen molar-refractivity contribution in [3.63, 3.8) is 0 Å². The van der Waals surface area contributed by atoms with Crippen LogP contribution in [0.1, 0.15) is 25.5 Å². The Bertz CT molecular complexity index is 487. The van der Waals surface area contributed by atoms with Gasteiger partial charge in [0.05, 0.1) is 24.0 Å². The van der Waals surface area contributed by atoms with E-state index in [4.69, 9.17) is 5.11 Å². The minimum Gasteiger partial charge on any atom is -0.481 e. The molecule has 0 bridgehead atoms. The third-order valence-corrected chi connectivity index (χ3v) is 3.35. The molecule has 2 N–H and O–H groups in total. The highest BCUT2D eigenvalue weighted by Gasteiger charge is 2.20. The van der Waals surface area contributed by atoms with E-state index in [1.165, 1.54) is 6.20 Å². The second-order valence-electron chi connectivity index (χ2n) is 5.23. The molecule has 1 fully saturated rings. The number of rotatable bonds is 3. The fourth-order valence-electron chi connectivity index (χ4n) is 2.33. The Morgan fingerprint density at radius 3 is 2.90 bits per heavy atom. The number of carboxylic acids is 1. The molecule has 1 aromatic heterocycles. The van der Waals surface area contributed by atoms with Crippen molar-refractivity contribution in [2.75, 3.05) is 18.4 Å². The molecule has 1 atom stereocenters. The van der Waals surface area contributed by atoms with Crippen molar-refractivity contribution in [2.45, 2.75) is 26.2 Å². The lowest BCUT2D eigenvalue weighted by Gasteiger charge is -2.30. The van der Waals surface area contributed by atoms with Gasteiger partial charge in [0.1, 0.15) is 0 Å². The van der Waals surface area contributed by atoms with E-state index in [1.807, 2.05) is 0 Å². The average molecular weight is 277 g/mol. The summed E-state index contributed by atoms with van der Waals surface area (Å²) in [5, 5.41) is 11.5. The van der Waals surface area contributed by atoms with Gasteiger partial charge in [-0.25, -0.2) is 4.79 Å². The Morgan fingerprint density at radius 1 is 1.50 bits per heavy atom. The molecule has 2 heterocycles. The van der Waals surface area contributed by atoms with E-state index in [1.54, 1.807) is 17.0 Å². The van der Waals surface area contributed by atoms with Crippen LogP contribution in [0.2, 0.25) is 0 Å². The highest BCUT2D eigenvalue weighted by molar-refractivity contribution is 5.89. The Labute approximate surface area is 117 Å². The molecule has 1 aromatic rings. The van der Waals surface area contributed by atoms with Crippen LogP contribution in [0.5, 0.6) is 0 Å². The predicted octanol–water partition coefficient (Wildman–Crippen LogP) is 1.97. The van der Waals surface area contributed by atoms with Crippen LogP contribution in [-0.4, -0.2) is 40.1 Å². The predicted molar refractivity (Wildman–Crippen MR) is 74.6 cm³/mol. The third kappa shape index (κ3) is 3.94. The summed E-state index contributed by atoms with van der Waals surface area (Å²) < 4.78 is 0. The number of likely N-dealkylation sites (tertiary alicyclic amines) is 1. The first-order chi connectivity index (χ1) is 9.54. The SMILES string of the molecule is CC1CCCN(C(=O)Nc2ccc(CC(=O)O)nc2)C1. The fraction of sp³-hybridized carbons (Fsp3) is 0.500. The molecule has 6 nitrogen and oxygen atoms in total. The quantitative estimate of drug-likeness (QED) is 0.885. The Kier molecular flexibility index (Phi) is 4.55. The summed E-state index contributed by atoms with van der Waals surface area (Å²) in [5.41, 5.74) is 1.06. The van der Waals surface area contributed by atoms with Crippen molar-refractivity contribution in [1.82, 2.24) is 9.88 Å². The van der Waals surface area contributed by atoms with E-state index in [9.17, 15) is 9.59 Å². The molecule has 1 aliphatic rings. The van der Waals surface area contributed by atoms with Crippen molar-refractivity contribution in [3.8, 4) is 0 Å². The van der Waals surface area contributed by atoms with Crippen LogP contribution >= 0.6 is 0 Å². The molecule has 6 heteroatoms. The van der Waals surface area contributed by atoms with Gasteiger partial charge in [0.25, 0.3) is 0 Å². The lowest BCUT2D eigenvalue weighted by Crippen LogP contribution is -2.41. The number of aromatic nitrogens is 1. The first-order valence-corrected chi connectivity index (χ1v) is 6.77. The number of anilines is 1. The Balaban J connectivity index is 1.92. The van der Waals surface area contributed by atoms with E-state index in [0.29, 0.717) is 17.3 Å². The number of nitrogens with zero attached hydrogens (tertiary/aromatic N) is 2. The van der Waals surface area contributed by atoms with Crippen molar-refractivity contribution in [1.29, 1.82) is 0 Å². The molecule has 1 unspecified atom stereocenters. The summed E-state index contributed by atoms with van der Waals surface area (Å²) in [6.45, 7) is 3.69. The number of nitrogens with one attached hydrogen (secondary N) is 1. The second kappa shape index (κ2) is 6.36. The number of carboxylic acid groups (broad SMARTS) is 1. The van der Waals surface area contributed by atoms with Gasteiger partial charge in [0.2, 0.25) is 0 Å². The Hall–Kier alpha value is -2.11. The van der Waals surface area contributed by atoms with Crippen molar-refractivity contribution in [2.24, 2.45) is 5.92 Å². The van der Waals surface area contributed by atoms with E-state index in [2.05, 4.69) is 17.2 Å². The largest absolute Gasteiger partial charge is 0.481 e. The first kappa shape index (κ1) is 14.3. The van der Waals surface area contributed by atoms with Gasteiger partial charge < -0.3 is 15.3 Å². The maximum absolute atomic E-state index is 12.1. The van der Waals surface area contributed by atoms with Crippen LogP contribution in [0, 0.1) is 5.92 Å². The van der Waals surface area contributed by atoms with Crippen LogP contribution in [0.15, 0.2) is 18.3 Å². The molecule has 0 aliphatic carbocycles. The van der Waals surface area contributed by atoms with Gasteiger partial charge in [0, 0.05) is 13.1 Å². The van der Waals surface area contributed by atoms with Crippen LogP contribution in [0.3, 0.4) is 0 Å². The third-order valence-electron chi connectivity index (χ3n) is 3.35. The van der Waals surface area contributed by atoms with Crippen LogP contribution < -0.4 is 5.32 Å². The first-order valence-electron chi connectivity index (χ1n) is 6.77. The number of carbonyl (C=O) groups is 2. The molecule has 1 saturated heterocycles. The highest BCUT2D eigenvalue weighted by Crippen LogP contribution is 2.16. The molecule has 20 heavy (non-hydrogen) atoms. The summed E-state index contributed by atoms with van der Waals surface area (Å²) in [5.74, 6) is -0.387. The van der Waals surface area contributed by atoms with Crippen molar-refractivity contribution in [3.05, 3.63) is 24.0 Å². The normalized spacial score (nSPS) is 18.6. The lowest BCUT2D eigenvalue weighted by atomic mass is 10.0. The zero-order valence-electron chi connectivity index (χ0n) is 11.5. The van der Waals surface area contributed by atoms with Crippen molar-refractivity contribution < 1.29 is 14.7 Å². The smallest absolute Gasteiger partial charge is 0.321 e. The van der Waals surface area contributed by atoms with Gasteiger partial charge in [-0.3, -0.25) is 9.78 Å². The summed E-state index contributed by atoms with van der Waals surface area (Å²) >= 11 is 0. The van der Waals surface area contributed by atoms with Gasteiger partial charge >= 0.3 is 12.0 Å². The second-order valence-corrected chi connectivity index (χ2v) is 5.23. The van der Waals surface area contributed by atoms with E-state index in [-0.39, 0.29) is 12.5 Å². The van der Waals surface area contributed by atoms with Gasteiger partial charge in [-0.05, 0) is 30.9 Å². The molecular formula is C14H19N3O3. The number of carbonyl (C=O) groups excluding carboxylic acids is 1. The minimum absolute atomic E-state index is 0.113. The van der Waals surface area contributed by atoms with E-state index < -0.39 is 5.97 Å². The molecule has 0 radical (unpaired) electrons. The number of pyridine rings is 1. The molecule has 2 rings (SSSR count). The molecule has 0 saturated carbocycles. The van der Waals surface area contributed by atoms with Crippen LogP contribution in [0.25, 0.3) is 0 Å². The van der Waals surface area contributed by atoms with Gasteiger partial charge in [-0.2, -0.15) is 0 Å². The maximum Gasteiger partial charge on any atom is 0.321 e. The van der Waals surface area contributed by atoms with E-state index >= 15 is 0 Å². The minimum atomic E-state index is -0.920. The number of aliphatic carboxylic acids is 1. The molecule has 108 valence electrons. The number of piperidine rings is 1. The van der Waals surface area contributed by atoms with Gasteiger partial charge in [-0.1, -0.05) is 6.92 Å². The van der Waals surface area contributed by atoms with Crippen LogP contribution in [-0.2, 0) is 11.2 Å². The fourth-order valence-corrected chi connectivity index (χ4v) is 2.33. The molecule has 0 aromatic carbocycles.